The molecule has 0 aromatic carbocycles. The van der Waals surface area contributed by atoms with Crippen LogP contribution in [0, 0.1) is 0 Å². The van der Waals surface area contributed by atoms with Crippen molar-refractivity contribution in [2.45, 2.75) is 0 Å². The first-order valence-electron chi connectivity index (χ1n) is 4.80. The van der Waals surface area contributed by atoms with Crippen molar-refractivity contribution in [3.8, 4) is 0 Å². The zero-order chi connectivity index (χ0) is 12.8. The van der Waals surface area contributed by atoms with Gasteiger partial charge in [0, 0.05) is 13.2 Å². The van der Waals surface area contributed by atoms with Gasteiger partial charge < -0.3 is 9.84 Å². The third-order valence-electron chi connectivity index (χ3n) is 1.84. The highest BCUT2D eigenvalue weighted by Gasteiger charge is 2.21. The Balaban J connectivity index is 2.83. The Morgan fingerprint density at radius 1 is 1.71 bits per heavy atom. The van der Waals surface area contributed by atoms with E-state index in [1.807, 2.05) is 0 Å². The molecule has 0 fully saturated rings. The van der Waals surface area contributed by atoms with Crippen LogP contribution in [0.4, 0.5) is 10.5 Å². The molecule has 1 heterocycles. The van der Waals surface area contributed by atoms with E-state index < -0.39 is 18.6 Å². The standard InChI is InChI=1S/C10H13N3O4/c1-3-4-17-10(16)13(7-9(14)15)8-5-11-12(2)6-8/h3,5-6H,1,4,7H2,2H3,(H,14,15). The second kappa shape index (κ2) is 5.69. The van der Waals surface area contributed by atoms with E-state index in [9.17, 15) is 9.59 Å². The zero-order valence-electron chi connectivity index (χ0n) is 9.37. The quantitative estimate of drug-likeness (QED) is 0.762. The van der Waals surface area contributed by atoms with Crippen molar-refractivity contribution in [3.63, 3.8) is 0 Å². The number of amides is 1. The lowest BCUT2D eigenvalue weighted by atomic mass is 10.4. The number of hydrogen-bond donors (Lipinski definition) is 1. The van der Waals surface area contributed by atoms with Crippen molar-refractivity contribution < 1.29 is 19.4 Å². The summed E-state index contributed by atoms with van der Waals surface area (Å²) in [5, 5.41) is 12.6. The molecule has 0 aliphatic carbocycles. The molecule has 0 unspecified atom stereocenters. The number of nitrogens with zero attached hydrogens (tertiary/aromatic N) is 3. The Morgan fingerprint density at radius 3 is 2.88 bits per heavy atom. The van der Waals surface area contributed by atoms with Crippen LogP contribution in [-0.4, -0.2) is 40.1 Å². The molecule has 1 rings (SSSR count). The molecular weight excluding hydrogens is 226 g/mol. The number of carbonyl (C=O) groups excluding carboxylic acids is 1. The number of rotatable bonds is 5. The molecule has 92 valence electrons. The van der Waals surface area contributed by atoms with E-state index in [4.69, 9.17) is 9.84 Å². The Labute approximate surface area is 97.9 Å². The van der Waals surface area contributed by atoms with E-state index in [2.05, 4.69) is 11.7 Å². The van der Waals surface area contributed by atoms with Crippen LogP contribution in [-0.2, 0) is 16.6 Å². The van der Waals surface area contributed by atoms with Crippen LogP contribution in [0.5, 0.6) is 0 Å². The van der Waals surface area contributed by atoms with E-state index >= 15 is 0 Å². The zero-order valence-corrected chi connectivity index (χ0v) is 9.37. The molecule has 0 bridgehead atoms. The normalized spacial score (nSPS) is 9.71. The van der Waals surface area contributed by atoms with Gasteiger partial charge in [0.1, 0.15) is 13.2 Å². The average Bonchev–Trinajstić information content (AvgIpc) is 2.69. The fourth-order valence-corrected chi connectivity index (χ4v) is 1.15. The number of hydrogen-bond acceptors (Lipinski definition) is 4. The lowest BCUT2D eigenvalue weighted by Crippen LogP contribution is -2.36. The van der Waals surface area contributed by atoms with Crippen molar-refractivity contribution in [2.75, 3.05) is 18.1 Å². The molecule has 1 N–H and O–H groups in total. The number of carboxylic acid groups (broad SMARTS) is 1. The van der Waals surface area contributed by atoms with Gasteiger partial charge in [-0.15, -0.1) is 0 Å². The van der Waals surface area contributed by atoms with Gasteiger partial charge in [-0.25, -0.2) is 4.79 Å². The molecule has 0 saturated carbocycles. The fourth-order valence-electron chi connectivity index (χ4n) is 1.15. The van der Waals surface area contributed by atoms with Crippen LogP contribution >= 0.6 is 0 Å². The van der Waals surface area contributed by atoms with E-state index in [-0.39, 0.29) is 6.61 Å². The maximum absolute atomic E-state index is 11.6. The van der Waals surface area contributed by atoms with Crippen molar-refractivity contribution >= 4 is 17.7 Å². The Kier molecular flexibility index (Phi) is 4.27. The summed E-state index contributed by atoms with van der Waals surface area (Å²) in [7, 11) is 1.66. The number of carboxylic acids is 1. The first kappa shape index (κ1) is 12.8. The first-order valence-corrected chi connectivity index (χ1v) is 4.80. The molecule has 7 nitrogen and oxygen atoms in total. The Morgan fingerprint density at radius 2 is 2.41 bits per heavy atom. The average molecular weight is 239 g/mol. The number of aromatic nitrogens is 2. The summed E-state index contributed by atoms with van der Waals surface area (Å²) >= 11 is 0. The highest BCUT2D eigenvalue weighted by molar-refractivity contribution is 5.92. The summed E-state index contributed by atoms with van der Waals surface area (Å²) in [5.74, 6) is -1.13. The van der Waals surface area contributed by atoms with Crippen molar-refractivity contribution in [1.82, 2.24) is 9.78 Å². The molecule has 0 aliphatic rings. The van der Waals surface area contributed by atoms with Crippen molar-refractivity contribution in [2.24, 2.45) is 7.05 Å². The fraction of sp³-hybridized carbons (Fsp3) is 0.300. The second-order valence-corrected chi connectivity index (χ2v) is 3.22. The molecule has 0 atom stereocenters. The van der Waals surface area contributed by atoms with Crippen molar-refractivity contribution in [3.05, 3.63) is 25.0 Å². The van der Waals surface area contributed by atoms with Gasteiger partial charge in [0.15, 0.2) is 0 Å². The number of ether oxygens (including phenoxy) is 1. The highest BCUT2D eigenvalue weighted by atomic mass is 16.6. The smallest absolute Gasteiger partial charge is 0.415 e. The topological polar surface area (TPSA) is 84.7 Å². The summed E-state index contributed by atoms with van der Waals surface area (Å²) in [4.78, 5) is 23.3. The molecule has 0 spiro atoms. The molecule has 7 heteroatoms. The van der Waals surface area contributed by atoms with Crippen LogP contribution in [0.1, 0.15) is 0 Å². The summed E-state index contributed by atoms with van der Waals surface area (Å²) in [6, 6.07) is 0. The number of aryl methyl sites for hydroxylation is 1. The van der Waals surface area contributed by atoms with Crippen LogP contribution in [0.2, 0.25) is 0 Å². The molecule has 1 aromatic rings. The maximum Gasteiger partial charge on any atom is 0.415 e. The molecular formula is C10H13N3O4. The summed E-state index contributed by atoms with van der Waals surface area (Å²) in [6.07, 6.45) is 3.57. The molecule has 0 radical (unpaired) electrons. The van der Waals surface area contributed by atoms with Crippen LogP contribution in [0.15, 0.2) is 25.0 Å². The minimum Gasteiger partial charge on any atom is -0.480 e. The van der Waals surface area contributed by atoms with Gasteiger partial charge in [-0.2, -0.15) is 5.10 Å². The van der Waals surface area contributed by atoms with Crippen LogP contribution in [0.25, 0.3) is 0 Å². The van der Waals surface area contributed by atoms with E-state index in [1.54, 1.807) is 7.05 Å². The maximum atomic E-state index is 11.6. The molecule has 0 saturated heterocycles. The van der Waals surface area contributed by atoms with E-state index in [1.165, 1.54) is 23.2 Å². The third kappa shape index (κ3) is 3.63. The summed E-state index contributed by atoms with van der Waals surface area (Å²) in [5.41, 5.74) is 0.365. The number of aliphatic carboxylic acids is 1. The highest BCUT2D eigenvalue weighted by Crippen LogP contribution is 2.13. The second-order valence-electron chi connectivity index (χ2n) is 3.22. The van der Waals surface area contributed by atoms with Gasteiger partial charge in [0.2, 0.25) is 0 Å². The summed E-state index contributed by atoms with van der Waals surface area (Å²) in [6.45, 7) is 2.94. The van der Waals surface area contributed by atoms with Gasteiger partial charge in [-0.3, -0.25) is 14.4 Å². The van der Waals surface area contributed by atoms with Gasteiger partial charge in [-0.1, -0.05) is 12.7 Å². The van der Waals surface area contributed by atoms with Gasteiger partial charge in [0.05, 0.1) is 11.9 Å². The Hall–Kier alpha value is -2.31. The van der Waals surface area contributed by atoms with Gasteiger partial charge >= 0.3 is 12.1 Å². The van der Waals surface area contributed by atoms with E-state index in [0.717, 1.165) is 4.90 Å². The molecule has 17 heavy (non-hydrogen) atoms. The monoisotopic (exact) mass is 239 g/mol. The largest absolute Gasteiger partial charge is 0.480 e. The minimum atomic E-state index is -1.13. The molecule has 0 aliphatic heterocycles. The SMILES string of the molecule is C=CCOC(=O)N(CC(=O)O)c1cnn(C)c1. The first-order chi connectivity index (χ1) is 8.04. The predicted molar refractivity (Wildman–Crippen MR) is 59.7 cm³/mol. The van der Waals surface area contributed by atoms with Crippen LogP contribution < -0.4 is 4.90 Å². The van der Waals surface area contributed by atoms with Crippen LogP contribution in [0.3, 0.4) is 0 Å². The third-order valence-corrected chi connectivity index (χ3v) is 1.84. The number of carbonyl (C=O) groups is 2. The lowest BCUT2D eigenvalue weighted by Gasteiger charge is -2.17. The predicted octanol–water partition coefficient (Wildman–Crippen LogP) is 0.634. The molecule has 1 aromatic heterocycles. The Bertz CT molecular complexity index is 427. The van der Waals surface area contributed by atoms with Crippen molar-refractivity contribution in [1.29, 1.82) is 0 Å². The van der Waals surface area contributed by atoms with Gasteiger partial charge in [0.25, 0.3) is 0 Å². The molecule has 1 amide bonds. The lowest BCUT2D eigenvalue weighted by molar-refractivity contribution is -0.135. The van der Waals surface area contributed by atoms with Gasteiger partial charge in [-0.05, 0) is 0 Å². The minimum absolute atomic E-state index is 0.0230. The summed E-state index contributed by atoms with van der Waals surface area (Å²) < 4.78 is 6.25. The van der Waals surface area contributed by atoms with E-state index in [0.29, 0.717) is 5.69 Å². The number of anilines is 1.